The van der Waals surface area contributed by atoms with Crippen LogP contribution in [0.25, 0.3) is 0 Å². The van der Waals surface area contributed by atoms with Crippen molar-refractivity contribution in [3.63, 3.8) is 0 Å². The summed E-state index contributed by atoms with van der Waals surface area (Å²) in [7, 11) is 2.07. The predicted octanol–water partition coefficient (Wildman–Crippen LogP) is 1.28. The van der Waals surface area contributed by atoms with Gasteiger partial charge in [0.15, 0.2) is 0 Å². The van der Waals surface area contributed by atoms with Crippen LogP contribution in [0.4, 0.5) is 0 Å². The summed E-state index contributed by atoms with van der Waals surface area (Å²) in [5.74, 6) is 1.53. The smallest absolute Gasteiger partial charge is 0.00884 e. The van der Waals surface area contributed by atoms with E-state index in [1.165, 1.54) is 38.4 Å². The maximum atomic E-state index is 3.34. The van der Waals surface area contributed by atoms with E-state index in [1.54, 1.807) is 0 Å². The second-order valence-corrected chi connectivity index (χ2v) is 4.05. The van der Waals surface area contributed by atoms with E-state index in [4.69, 9.17) is 0 Å². The summed E-state index contributed by atoms with van der Waals surface area (Å²) in [4.78, 5) is 2.54. The van der Waals surface area contributed by atoms with Crippen molar-refractivity contribution in [2.24, 2.45) is 0 Å². The zero-order valence-corrected chi connectivity index (χ0v) is 8.56. The molecule has 0 atom stereocenters. The summed E-state index contributed by atoms with van der Waals surface area (Å²) in [6.45, 7) is 8.14. The van der Waals surface area contributed by atoms with Gasteiger partial charge in [-0.15, -0.1) is 0 Å². The SMILES string of the molecule is CNC1CCN(C[C](C)C)CC1. The van der Waals surface area contributed by atoms with E-state index in [9.17, 15) is 0 Å². The van der Waals surface area contributed by atoms with Crippen LogP contribution in [0.1, 0.15) is 26.7 Å². The molecule has 0 bridgehead atoms. The lowest BCUT2D eigenvalue weighted by Crippen LogP contribution is -2.42. The highest BCUT2D eigenvalue weighted by molar-refractivity contribution is 4.85. The Balaban J connectivity index is 2.17. The van der Waals surface area contributed by atoms with Crippen molar-refractivity contribution in [3.8, 4) is 0 Å². The van der Waals surface area contributed by atoms with E-state index in [1.807, 2.05) is 0 Å². The molecule has 1 N–H and O–H groups in total. The number of hydrogen-bond donors (Lipinski definition) is 1. The van der Waals surface area contributed by atoms with Gasteiger partial charge in [0.05, 0.1) is 0 Å². The van der Waals surface area contributed by atoms with Gasteiger partial charge in [0.2, 0.25) is 0 Å². The van der Waals surface area contributed by atoms with Crippen molar-refractivity contribution >= 4 is 0 Å². The van der Waals surface area contributed by atoms with Crippen molar-refractivity contribution in [3.05, 3.63) is 5.92 Å². The molecule has 0 spiro atoms. The number of hydrogen-bond acceptors (Lipinski definition) is 2. The lowest BCUT2D eigenvalue weighted by molar-refractivity contribution is 0.209. The maximum absolute atomic E-state index is 3.34. The van der Waals surface area contributed by atoms with E-state index >= 15 is 0 Å². The van der Waals surface area contributed by atoms with E-state index in [0.717, 1.165) is 6.04 Å². The highest BCUT2D eigenvalue weighted by atomic mass is 15.1. The van der Waals surface area contributed by atoms with Crippen molar-refractivity contribution < 1.29 is 0 Å². The second kappa shape index (κ2) is 4.83. The third kappa shape index (κ3) is 3.11. The Labute approximate surface area is 76.3 Å². The molecule has 0 aromatic heterocycles. The minimum Gasteiger partial charge on any atom is -0.317 e. The number of rotatable bonds is 3. The molecule has 1 saturated heterocycles. The summed E-state index contributed by atoms with van der Waals surface area (Å²) in [5, 5.41) is 3.34. The van der Waals surface area contributed by atoms with Crippen LogP contribution < -0.4 is 5.32 Å². The fourth-order valence-electron chi connectivity index (χ4n) is 1.83. The molecule has 0 saturated carbocycles. The molecule has 0 aromatic carbocycles. The average Bonchev–Trinajstić information content (AvgIpc) is 2.05. The molecule has 1 rings (SSSR count). The molecule has 2 nitrogen and oxygen atoms in total. The quantitative estimate of drug-likeness (QED) is 0.685. The minimum absolute atomic E-state index is 0.762. The van der Waals surface area contributed by atoms with Crippen LogP contribution >= 0.6 is 0 Å². The minimum atomic E-state index is 0.762. The fourth-order valence-corrected chi connectivity index (χ4v) is 1.83. The lowest BCUT2D eigenvalue weighted by atomic mass is 10.0. The van der Waals surface area contributed by atoms with Gasteiger partial charge < -0.3 is 10.2 Å². The Kier molecular flexibility index (Phi) is 4.02. The fraction of sp³-hybridized carbons (Fsp3) is 0.900. The van der Waals surface area contributed by atoms with Crippen LogP contribution in [0.3, 0.4) is 0 Å². The Morgan fingerprint density at radius 3 is 2.33 bits per heavy atom. The van der Waals surface area contributed by atoms with Gasteiger partial charge in [0, 0.05) is 12.6 Å². The maximum Gasteiger partial charge on any atom is 0.00884 e. The molecule has 71 valence electrons. The molecule has 0 unspecified atom stereocenters. The Hall–Kier alpha value is -0.0800. The zero-order chi connectivity index (χ0) is 8.97. The van der Waals surface area contributed by atoms with Crippen molar-refractivity contribution in [2.75, 3.05) is 26.7 Å². The largest absolute Gasteiger partial charge is 0.317 e. The monoisotopic (exact) mass is 169 g/mol. The van der Waals surface area contributed by atoms with Gasteiger partial charge in [-0.05, 0) is 38.9 Å². The first-order valence-corrected chi connectivity index (χ1v) is 4.91. The first-order chi connectivity index (χ1) is 5.72. The van der Waals surface area contributed by atoms with Gasteiger partial charge in [0.25, 0.3) is 0 Å². The van der Waals surface area contributed by atoms with Crippen molar-refractivity contribution in [1.29, 1.82) is 0 Å². The summed E-state index contributed by atoms with van der Waals surface area (Å²) in [5.41, 5.74) is 0. The van der Waals surface area contributed by atoms with Gasteiger partial charge >= 0.3 is 0 Å². The van der Waals surface area contributed by atoms with Gasteiger partial charge in [-0.3, -0.25) is 0 Å². The molecular formula is C10H21N2. The van der Waals surface area contributed by atoms with E-state index < -0.39 is 0 Å². The van der Waals surface area contributed by atoms with Gasteiger partial charge in [-0.25, -0.2) is 0 Å². The van der Waals surface area contributed by atoms with Gasteiger partial charge in [-0.2, -0.15) is 0 Å². The molecule has 1 radical (unpaired) electrons. The normalized spacial score (nSPS) is 22.0. The van der Waals surface area contributed by atoms with Gasteiger partial charge in [0.1, 0.15) is 0 Å². The molecule has 12 heavy (non-hydrogen) atoms. The third-order valence-electron chi connectivity index (χ3n) is 2.54. The van der Waals surface area contributed by atoms with Crippen LogP contribution in [0, 0.1) is 5.92 Å². The molecule has 1 aliphatic rings. The summed E-state index contributed by atoms with van der Waals surface area (Å²) < 4.78 is 0. The second-order valence-electron chi connectivity index (χ2n) is 4.05. The molecule has 0 aromatic rings. The summed E-state index contributed by atoms with van der Waals surface area (Å²) in [6.07, 6.45) is 2.62. The lowest BCUT2D eigenvalue weighted by Gasteiger charge is -2.32. The molecule has 0 amide bonds. The van der Waals surface area contributed by atoms with Crippen LogP contribution in [0.2, 0.25) is 0 Å². The molecule has 1 heterocycles. The predicted molar refractivity (Wildman–Crippen MR) is 53.1 cm³/mol. The summed E-state index contributed by atoms with van der Waals surface area (Å²) in [6, 6.07) is 0.762. The van der Waals surface area contributed by atoms with Crippen LogP contribution in [-0.4, -0.2) is 37.6 Å². The highest BCUT2D eigenvalue weighted by Gasteiger charge is 2.17. The zero-order valence-electron chi connectivity index (χ0n) is 8.56. The van der Waals surface area contributed by atoms with Crippen LogP contribution in [-0.2, 0) is 0 Å². The van der Waals surface area contributed by atoms with Gasteiger partial charge in [-0.1, -0.05) is 13.8 Å². The first kappa shape index (κ1) is 10.0. The third-order valence-corrected chi connectivity index (χ3v) is 2.54. The number of nitrogens with zero attached hydrogens (tertiary/aromatic N) is 1. The standard InChI is InChI=1S/C10H21N2/c1-9(2)8-12-6-4-10(11-3)5-7-12/h10-11H,4-8H2,1-3H3. The Morgan fingerprint density at radius 1 is 1.33 bits per heavy atom. The molecule has 1 aliphatic heterocycles. The molecular weight excluding hydrogens is 148 g/mol. The molecule has 0 aliphatic carbocycles. The van der Waals surface area contributed by atoms with Crippen molar-refractivity contribution in [2.45, 2.75) is 32.7 Å². The number of nitrogens with one attached hydrogen (secondary N) is 1. The van der Waals surface area contributed by atoms with E-state index in [0.29, 0.717) is 0 Å². The number of piperidine rings is 1. The van der Waals surface area contributed by atoms with Crippen LogP contribution in [0.5, 0.6) is 0 Å². The highest BCUT2D eigenvalue weighted by Crippen LogP contribution is 2.11. The Morgan fingerprint density at radius 2 is 1.92 bits per heavy atom. The average molecular weight is 169 g/mol. The Bertz CT molecular complexity index is 115. The summed E-state index contributed by atoms with van der Waals surface area (Å²) >= 11 is 0. The van der Waals surface area contributed by atoms with Crippen molar-refractivity contribution in [1.82, 2.24) is 10.2 Å². The van der Waals surface area contributed by atoms with Crippen LogP contribution in [0.15, 0.2) is 0 Å². The molecule has 2 heteroatoms. The van der Waals surface area contributed by atoms with E-state index in [-0.39, 0.29) is 0 Å². The topological polar surface area (TPSA) is 15.3 Å². The number of likely N-dealkylation sites (tertiary alicyclic amines) is 1. The molecule has 1 fully saturated rings. The first-order valence-electron chi connectivity index (χ1n) is 4.91. The van der Waals surface area contributed by atoms with E-state index in [2.05, 4.69) is 31.1 Å².